The number of methoxy groups -OCH3 is 3. The van der Waals surface area contributed by atoms with Gasteiger partial charge in [0.1, 0.15) is 6.04 Å². The minimum absolute atomic E-state index is 0.0838. The van der Waals surface area contributed by atoms with Gasteiger partial charge in [-0.1, -0.05) is 51.4 Å². The standard InChI is InChI=1S/C30H45NO6/c1-34-25-19-23(20-26(35-2)27(25)36-3)30(22-15-9-6-10-16-22,21-13-7-4-5-8-14-21)29(33)37-28(32)24-17-11-12-18-31-24/h19-22,24,31H,4-18H2,1-3H3/t24?,30-/m1/s1. The molecule has 2 saturated carbocycles. The van der Waals surface area contributed by atoms with Crippen molar-refractivity contribution in [3.05, 3.63) is 17.7 Å². The lowest BCUT2D eigenvalue weighted by Crippen LogP contribution is -2.53. The summed E-state index contributed by atoms with van der Waals surface area (Å²) in [6.07, 6.45) is 14.3. The third-order valence-electron chi connectivity index (χ3n) is 9.02. The quantitative estimate of drug-likeness (QED) is 0.270. The number of carbonyl (C=O) groups excluding carboxylic acids is 2. The van der Waals surface area contributed by atoms with E-state index in [0.717, 1.165) is 76.3 Å². The summed E-state index contributed by atoms with van der Waals surface area (Å²) in [4.78, 5) is 27.9. The van der Waals surface area contributed by atoms with Gasteiger partial charge in [-0.15, -0.1) is 0 Å². The Bertz CT molecular complexity index is 888. The van der Waals surface area contributed by atoms with Crippen LogP contribution >= 0.6 is 0 Å². The molecular weight excluding hydrogens is 470 g/mol. The molecule has 7 nitrogen and oxygen atoms in total. The van der Waals surface area contributed by atoms with E-state index in [1.165, 1.54) is 19.3 Å². The lowest BCUT2D eigenvalue weighted by Gasteiger charge is -2.46. The van der Waals surface area contributed by atoms with Crippen molar-refractivity contribution >= 4 is 11.9 Å². The molecule has 2 aliphatic carbocycles. The molecule has 3 fully saturated rings. The van der Waals surface area contributed by atoms with Crippen molar-refractivity contribution in [2.45, 2.75) is 101 Å². The van der Waals surface area contributed by atoms with E-state index in [9.17, 15) is 9.59 Å². The van der Waals surface area contributed by atoms with Gasteiger partial charge in [-0.2, -0.15) is 0 Å². The van der Waals surface area contributed by atoms with Gasteiger partial charge in [0, 0.05) is 0 Å². The minimum atomic E-state index is -0.943. The molecular formula is C30H45NO6. The number of nitrogens with one attached hydrogen (secondary N) is 1. The van der Waals surface area contributed by atoms with Crippen LogP contribution in [0.3, 0.4) is 0 Å². The maximum absolute atomic E-state index is 14.6. The zero-order chi connectivity index (χ0) is 26.3. The lowest BCUT2D eigenvalue weighted by atomic mass is 9.57. The van der Waals surface area contributed by atoms with Crippen LogP contribution in [-0.4, -0.2) is 45.9 Å². The molecule has 1 N–H and O–H groups in total. The average Bonchev–Trinajstić information content (AvgIpc) is 3.23. The molecule has 1 saturated heterocycles. The summed E-state index contributed by atoms with van der Waals surface area (Å²) < 4.78 is 23.0. The summed E-state index contributed by atoms with van der Waals surface area (Å²) in [6, 6.07) is 3.45. The average molecular weight is 516 g/mol. The summed E-state index contributed by atoms with van der Waals surface area (Å²) >= 11 is 0. The third kappa shape index (κ3) is 5.76. The molecule has 2 atom stereocenters. The molecule has 7 heteroatoms. The summed E-state index contributed by atoms with van der Waals surface area (Å²) in [5, 5.41) is 3.25. The highest BCUT2D eigenvalue weighted by Crippen LogP contribution is 2.54. The molecule has 1 aromatic carbocycles. The van der Waals surface area contributed by atoms with Crippen LogP contribution in [0.2, 0.25) is 0 Å². The zero-order valence-corrected chi connectivity index (χ0v) is 22.9. The highest BCUT2D eigenvalue weighted by molar-refractivity contribution is 5.95. The molecule has 4 rings (SSSR count). The maximum atomic E-state index is 14.6. The molecule has 0 amide bonds. The first-order chi connectivity index (χ1) is 18.1. The molecule has 37 heavy (non-hydrogen) atoms. The van der Waals surface area contributed by atoms with Crippen LogP contribution in [0, 0.1) is 11.8 Å². The van der Waals surface area contributed by atoms with Gasteiger partial charge in [0.2, 0.25) is 5.75 Å². The van der Waals surface area contributed by atoms with Gasteiger partial charge in [0.15, 0.2) is 11.5 Å². The number of esters is 2. The van der Waals surface area contributed by atoms with Crippen molar-refractivity contribution in [3.63, 3.8) is 0 Å². The fraction of sp³-hybridized carbons (Fsp3) is 0.733. The Kier molecular flexibility index (Phi) is 9.74. The van der Waals surface area contributed by atoms with Crippen molar-refractivity contribution in [2.75, 3.05) is 27.9 Å². The number of hydrogen-bond donors (Lipinski definition) is 1. The van der Waals surface area contributed by atoms with Crippen LogP contribution in [0.4, 0.5) is 0 Å². The second kappa shape index (κ2) is 13.0. The fourth-order valence-electron chi connectivity index (χ4n) is 7.17. The van der Waals surface area contributed by atoms with Crippen LogP contribution < -0.4 is 19.5 Å². The lowest BCUT2D eigenvalue weighted by molar-refractivity contribution is -0.170. The van der Waals surface area contributed by atoms with Crippen molar-refractivity contribution < 1.29 is 28.5 Å². The summed E-state index contributed by atoms with van der Waals surface area (Å²) in [6.45, 7) is 0.775. The number of rotatable bonds is 8. The van der Waals surface area contributed by atoms with Crippen molar-refractivity contribution in [1.82, 2.24) is 5.32 Å². The predicted octanol–water partition coefficient (Wildman–Crippen LogP) is 5.71. The van der Waals surface area contributed by atoms with Crippen molar-refractivity contribution in [1.29, 1.82) is 0 Å². The highest BCUT2D eigenvalue weighted by Gasteiger charge is 2.55. The van der Waals surface area contributed by atoms with Crippen molar-refractivity contribution in [3.8, 4) is 17.2 Å². The molecule has 1 aliphatic heterocycles. The van der Waals surface area contributed by atoms with Gasteiger partial charge in [0.25, 0.3) is 0 Å². The van der Waals surface area contributed by atoms with E-state index in [2.05, 4.69) is 5.32 Å². The van der Waals surface area contributed by atoms with E-state index in [0.29, 0.717) is 23.7 Å². The van der Waals surface area contributed by atoms with Crippen LogP contribution in [-0.2, 0) is 19.7 Å². The molecule has 0 radical (unpaired) electrons. The minimum Gasteiger partial charge on any atom is -0.493 e. The number of ether oxygens (including phenoxy) is 4. The van der Waals surface area contributed by atoms with Gasteiger partial charge in [0.05, 0.1) is 26.7 Å². The fourth-order valence-corrected chi connectivity index (χ4v) is 7.17. The van der Waals surface area contributed by atoms with E-state index in [-0.39, 0.29) is 11.8 Å². The van der Waals surface area contributed by atoms with Gasteiger partial charge in [-0.25, -0.2) is 4.79 Å². The van der Waals surface area contributed by atoms with E-state index in [4.69, 9.17) is 18.9 Å². The van der Waals surface area contributed by atoms with E-state index >= 15 is 0 Å². The molecule has 1 aromatic rings. The normalized spacial score (nSPS) is 23.4. The van der Waals surface area contributed by atoms with Crippen LogP contribution in [0.5, 0.6) is 17.2 Å². The van der Waals surface area contributed by atoms with Gasteiger partial charge in [-0.05, 0) is 74.6 Å². The van der Waals surface area contributed by atoms with Gasteiger partial charge in [-0.3, -0.25) is 4.79 Å². The second-order valence-electron chi connectivity index (χ2n) is 11.0. The van der Waals surface area contributed by atoms with E-state index < -0.39 is 23.4 Å². The van der Waals surface area contributed by atoms with Crippen molar-refractivity contribution in [2.24, 2.45) is 11.8 Å². The monoisotopic (exact) mass is 515 g/mol. The molecule has 1 unspecified atom stereocenters. The Labute approximate surface area is 221 Å². The Morgan fingerprint density at radius 1 is 0.730 bits per heavy atom. The summed E-state index contributed by atoms with van der Waals surface area (Å²) in [5.74, 6) is 0.900. The third-order valence-corrected chi connectivity index (χ3v) is 9.02. The second-order valence-corrected chi connectivity index (χ2v) is 11.0. The molecule has 3 aliphatic rings. The van der Waals surface area contributed by atoms with Crippen LogP contribution in [0.15, 0.2) is 12.1 Å². The Balaban J connectivity index is 1.86. The summed E-state index contributed by atoms with van der Waals surface area (Å²) in [5.41, 5.74) is -0.114. The summed E-state index contributed by atoms with van der Waals surface area (Å²) in [7, 11) is 4.79. The van der Waals surface area contributed by atoms with E-state index in [1.54, 1.807) is 21.3 Å². The number of hydrogen-bond acceptors (Lipinski definition) is 7. The largest absolute Gasteiger partial charge is 0.493 e. The molecule has 0 bridgehead atoms. The molecule has 0 spiro atoms. The predicted molar refractivity (Wildman–Crippen MR) is 142 cm³/mol. The smallest absolute Gasteiger partial charge is 0.330 e. The first kappa shape index (κ1) is 27.7. The van der Waals surface area contributed by atoms with E-state index in [1.807, 2.05) is 12.1 Å². The topological polar surface area (TPSA) is 83.1 Å². The number of carbonyl (C=O) groups is 2. The zero-order valence-electron chi connectivity index (χ0n) is 22.9. The van der Waals surface area contributed by atoms with Gasteiger partial charge >= 0.3 is 11.9 Å². The van der Waals surface area contributed by atoms with Gasteiger partial charge < -0.3 is 24.3 Å². The highest BCUT2D eigenvalue weighted by atomic mass is 16.6. The first-order valence-electron chi connectivity index (χ1n) is 14.4. The number of benzene rings is 1. The first-order valence-corrected chi connectivity index (χ1v) is 14.4. The molecule has 206 valence electrons. The molecule has 1 heterocycles. The Morgan fingerprint density at radius 3 is 1.70 bits per heavy atom. The SMILES string of the molecule is COc1cc([C@@](C(=O)OC(=O)C2CCCCN2)(C2CCCCCC2)C2CCCCC2)cc(OC)c1OC. The van der Waals surface area contributed by atoms with Crippen LogP contribution in [0.25, 0.3) is 0 Å². The Morgan fingerprint density at radius 2 is 1.24 bits per heavy atom. The molecule has 0 aromatic heterocycles. The van der Waals surface area contributed by atoms with Crippen LogP contribution in [0.1, 0.15) is 95.5 Å². The Hall–Kier alpha value is -2.28. The number of piperidine rings is 1. The maximum Gasteiger partial charge on any atom is 0.330 e.